The van der Waals surface area contributed by atoms with Gasteiger partial charge in [0.25, 0.3) is 5.91 Å². The Kier molecular flexibility index (Phi) is 3.11. The molecule has 1 aromatic rings. The van der Waals surface area contributed by atoms with Crippen LogP contribution in [0.15, 0.2) is 0 Å². The lowest BCUT2D eigenvalue weighted by Crippen LogP contribution is -2.47. The fraction of sp³-hybridized carbons (Fsp3) is 0.600. The van der Waals surface area contributed by atoms with E-state index in [0.717, 1.165) is 12.8 Å². The normalized spacial score (nSPS) is 23.9. The Morgan fingerprint density at radius 2 is 2.31 bits per heavy atom. The van der Waals surface area contributed by atoms with Gasteiger partial charge in [0.1, 0.15) is 4.88 Å². The smallest absolute Gasteiger partial charge is 0.263 e. The molecule has 0 saturated heterocycles. The van der Waals surface area contributed by atoms with E-state index < -0.39 is 0 Å². The van der Waals surface area contributed by atoms with Crippen molar-refractivity contribution in [3.05, 3.63) is 10.6 Å². The first-order valence-electron chi connectivity index (χ1n) is 5.16. The van der Waals surface area contributed by atoms with Crippen molar-refractivity contribution in [2.24, 2.45) is 0 Å². The van der Waals surface area contributed by atoms with Crippen LogP contribution in [0.3, 0.4) is 0 Å². The molecule has 1 heterocycles. The molecular formula is C10H15N3O2S. The summed E-state index contributed by atoms with van der Waals surface area (Å²) in [4.78, 5) is 16.5. The number of hydrogen-bond donors (Lipinski definition) is 2. The van der Waals surface area contributed by atoms with Crippen LogP contribution in [0, 0.1) is 6.92 Å². The molecule has 0 aliphatic heterocycles. The highest BCUT2D eigenvalue weighted by Crippen LogP contribution is 2.24. The van der Waals surface area contributed by atoms with Gasteiger partial charge in [0.2, 0.25) is 0 Å². The molecule has 0 unspecified atom stereocenters. The number of aromatic nitrogens is 1. The van der Waals surface area contributed by atoms with Gasteiger partial charge < -0.3 is 15.8 Å². The number of nitrogens with zero attached hydrogens (tertiary/aromatic N) is 1. The van der Waals surface area contributed by atoms with Crippen LogP contribution in [0.2, 0.25) is 0 Å². The molecule has 1 saturated carbocycles. The van der Waals surface area contributed by atoms with Gasteiger partial charge in [-0.05, 0) is 19.8 Å². The molecule has 0 radical (unpaired) electrons. The van der Waals surface area contributed by atoms with Crippen molar-refractivity contribution in [2.45, 2.75) is 31.9 Å². The maximum Gasteiger partial charge on any atom is 0.263 e. The summed E-state index contributed by atoms with van der Waals surface area (Å²) in [6.45, 7) is 1.79. The molecule has 16 heavy (non-hydrogen) atoms. The van der Waals surface area contributed by atoms with Gasteiger partial charge in [-0.15, -0.1) is 0 Å². The number of methoxy groups -OCH3 is 1. The standard InChI is InChI=1S/C10H15N3O2S/c1-5-8(16-10(11)12-5)9(14)13-6-3-7(4-6)15-2/h6-7H,3-4H2,1-2H3,(H2,11,12)(H,13,14). The predicted octanol–water partition coefficient (Wildman–Crippen LogP) is 0.941. The third-order valence-corrected chi connectivity index (χ3v) is 3.77. The summed E-state index contributed by atoms with van der Waals surface area (Å²) in [5, 5.41) is 3.38. The third-order valence-electron chi connectivity index (χ3n) is 2.78. The van der Waals surface area contributed by atoms with Crippen molar-refractivity contribution in [3.63, 3.8) is 0 Å². The average molecular weight is 241 g/mol. The molecule has 5 nitrogen and oxygen atoms in total. The lowest BCUT2D eigenvalue weighted by Gasteiger charge is -2.34. The van der Waals surface area contributed by atoms with Gasteiger partial charge in [0.05, 0.1) is 11.8 Å². The lowest BCUT2D eigenvalue weighted by atomic mass is 9.89. The zero-order chi connectivity index (χ0) is 11.7. The van der Waals surface area contributed by atoms with Crippen molar-refractivity contribution in [2.75, 3.05) is 12.8 Å². The van der Waals surface area contributed by atoms with Gasteiger partial charge in [0, 0.05) is 13.2 Å². The van der Waals surface area contributed by atoms with Crippen LogP contribution in [0.4, 0.5) is 5.13 Å². The van der Waals surface area contributed by atoms with Crippen molar-refractivity contribution in [1.29, 1.82) is 0 Å². The van der Waals surface area contributed by atoms with Gasteiger partial charge in [-0.25, -0.2) is 4.98 Å². The van der Waals surface area contributed by atoms with E-state index in [9.17, 15) is 4.79 Å². The Morgan fingerprint density at radius 3 is 2.81 bits per heavy atom. The van der Waals surface area contributed by atoms with Crippen LogP contribution in [0.25, 0.3) is 0 Å². The second-order valence-electron chi connectivity index (χ2n) is 3.97. The first-order chi connectivity index (χ1) is 7.60. The minimum atomic E-state index is -0.0775. The predicted molar refractivity (Wildman–Crippen MR) is 62.5 cm³/mol. The Labute approximate surface area is 98.0 Å². The second-order valence-corrected chi connectivity index (χ2v) is 5.00. The molecule has 1 amide bonds. The zero-order valence-electron chi connectivity index (χ0n) is 9.32. The number of aryl methyl sites for hydroxylation is 1. The molecule has 1 fully saturated rings. The van der Waals surface area contributed by atoms with E-state index in [1.165, 1.54) is 11.3 Å². The summed E-state index contributed by atoms with van der Waals surface area (Å²) in [6, 6.07) is 0.222. The van der Waals surface area contributed by atoms with Crippen LogP contribution < -0.4 is 11.1 Å². The molecule has 0 atom stereocenters. The Hall–Kier alpha value is -1.14. The van der Waals surface area contributed by atoms with E-state index in [0.29, 0.717) is 15.7 Å². The van der Waals surface area contributed by atoms with E-state index in [-0.39, 0.29) is 18.1 Å². The van der Waals surface area contributed by atoms with Crippen molar-refractivity contribution < 1.29 is 9.53 Å². The van der Waals surface area contributed by atoms with Gasteiger partial charge in [0.15, 0.2) is 5.13 Å². The van der Waals surface area contributed by atoms with Crippen LogP contribution in [0.1, 0.15) is 28.2 Å². The minimum Gasteiger partial charge on any atom is -0.381 e. The maximum atomic E-state index is 11.8. The largest absolute Gasteiger partial charge is 0.381 e. The SMILES string of the molecule is COC1CC(NC(=O)c2sc(N)nc2C)C1. The van der Waals surface area contributed by atoms with Crippen LogP contribution >= 0.6 is 11.3 Å². The summed E-state index contributed by atoms with van der Waals surface area (Å²) in [5.74, 6) is -0.0775. The molecule has 88 valence electrons. The number of nitrogens with two attached hydrogens (primary N) is 1. The molecule has 1 aromatic heterocycles. The molecule has 0 aromatic carbocycles. The van der Waals surface area contributed by atoms with E-state index in [1.54, 1.807) is 14.0 Å². The summed E-state index contributed by atoms with van der Waals surface area (Å²) < 4.78 is 5.15. The van der Waals surface area contributed by atoms with Gasteiger partial charge in [-0.1, -0.05) is 11.3 Å². The third kappa shape index (κ3) is 2.17. The quantitative estimate of drug-likeness (QED) is 0.825. The molecule has 6 heteroatoms. The minimum absolute atomic E-state index is 0.0775. The number of thiazole rings is 1. The number of carbonyl (C=O) groups is 1. The molecule has 0 bridgehead atoms. The number of hydrogen-bond acceptors (Lipinski definition) is 5. The number of nitrogen functional groups attached to an aromatic ring is 1. The van der Waals surface area contributed by atoms with Gasteiger partial charge in [-0.3, -0.25) is 4.79 Å². The highest BCUT2D eigenvalue weighted by molar-refractivity contribution is 7.17. The topological polar surface area (TPSA) is 77.2 Å². The van der Waals surface area contributed by atoms with Crippen LogP contribution in [-0.4, -0.2) is 30.1 Å². The zero-order valence-corrected chi connectivity index (χ0v) is 10.1. The average Bonchev–Trinajstić information content (AvgIpc) is 2.50. The Morgan fingerprint density at radius 1 is 1.62 bits per heavy atom. The molecule has 1 aliphatic rings. The number of amides is 1. The molecular weight excluding hydrogens is 226 g/mol. The number of nitrogens with one attached hydrogen (secondary N) is 1. The molecule has 2 rings (SSSR count). The molecule has 3 N–H and O–H groups in total. The van der Waals surface area contributed by atoms with Gasteiger partial charge in [-0.2, -0.15) is 0 Å². The second kappa shape index (κ2) is 4.39. The van der Waals surface area contributed by atoms with E-state index >= 15 is 0 Å². The highest BCUT2D eigenvalue weighted by atomic mass is 32.1. The Bertz CT molecular complexity index is 399. The fourth-order valence-corrected chi connectivity index (χ4v) is 2.49. The van der Waals surface area contributed by atoms with Crippen molar-refractivity contribution in [1.82, 2.24) is 10.3 Å². The van der Waals surface area contributed by atoms with Crippen molar-refractivity contribution >= 4 is 22.4 Å². The number of ether oxygens (including phenoxy) is 1. The maximum absolute atomic E-state index is 11.8. The van der Waals surface area contributed by atoms with E-state index in [4.69, 9.17) is 10.5 Å². The van der Waals surface area contributed by atoms with Crippen LogP contribution in [0.5, 0.6) is 0 Å². The van der Waals surface area contributed by atoms with Crippen LogP contribution in [-0.2, 0) is 4.74 Å². The van der Waals surface area contributed by atoms with Gasteiger partial charge >= 0.3 is 0 Å². The Balaban J connectivity index is 1.92. The number of rotatable bonds is 3. The number of carbonyl (C=O) groups excluding carboxylic acids is 1. The summed E-state index contributed by atoms with van der Waals surface area (Å²) in [7, 11) is 1.69. The van der Waals surface area contributed by atoms with E-state index in [2.05, 4.69) is 10.3 Å². The molecule has 0 spiro atoms. The summed E-state index contributed by atoms with van der Waals surface area (Å²) in [5.41, 5.74) is 6.24. The van der Waals surface area contributed by atoms with E-state index in [1.807, 2.05) is 0 Å². The summed E-state index contributed by atoms with van der Waals surface area (Å²) in [6.07, 6.45) is 2.06. The lowest BCUT2D eigenvalue weighted by molar-refractivity contribution is 0.0176. The first-order valence-corrected chi connectivity index (χ1v) is 5.98. The fourth-order valence-electron chi connectivity index (χ4n) is 1.75. The summed E-state index contributed by atoms with van der Waals surface area (Å²) >= 11 is 1.23. The van der Waals surface area contributed by atoms with Crippen molar-refractivity contribution in [3.8, 4) is 0 Å². The number of anilines is 1. The molecule has 1 aliphatic carbocycles. The first kappa shape index (κ1) is 11.3. The highest BCUT2D eigenvalue weighted by Gasteiger charge is 2.31. The monoisotopic (exact) mass is 241 g/mol.